The van der Waals surface area contributed by atoms with Gasteiger partial charge in [0.15, 0.2) is 0 Å². The molecule has 0 aliphatic heterocycles. The van der Waals surface area contributed by atoms with Crippen LogP contribution < -0.4 is 10.5 Å². The molecule has 0 saturated carbocycles. The van der Waals surface area contributed by atoms with Crippen molar-refractivity contribution in [3.63, 3.8) is 0 Å². The fourth-order valence-electron chi connectivity index (χ4n) is 3.73. The van der Waals surface area contributed by atoms with Crippen LogP contribution in [-0.4, -0.2) is 177 Å². The molecule has 0 heterocycles. The number of esters is 1. The second-order valence-electron chi connectivity index (χ2n) is 11.8. The Hall–Kier alpha value is -2.19. The van der Waals surface area contributed by atoms with Crippen molar-refractivity contribution in [2.45, 2.75) is 26.4 Å². The molecule has 16 heteroatoms. The molecule has 0 bridgehead atoms. The number of nitrogens with two attached hydrogens (primary N) is 1. The maximum absolute atomic E-state index is 11.5. The lowest BCUT2D eigenvalue weighted by molar-refractivity contribution is -0.160. The molecule has 0 amide bonds. The number of carbonyl (C=O) groups is 1. The van der Waals surface area contributed by atoms with Crippen LogP contribution in [0.5, 0.6) is 5.75 Å². The summed E-state index contributed by atoms with van der Waals surface area (Å²) < 4.78 is 76.1. The van der Waals surface area contributed by atoms with E-state index in [9.17, 15) is 4.79 Å². The van der Waals surface area contributed by atoms with Crippen molar-refractivity contribution in [1.29, 1.82) is 0 Å². The predicted octanol–water partition coefficient (Wildman–Crippen LogP) is 2.19. The molecule has 0 fully saturated rings. The standard InChI is InChI=1S/C36H65NO15/c1-36(2,3)52-35(38)32-50-29-28-48-25-24-46-21-20-44-17-16-42-13-12-40-9-8-39-10-11-41-14-15-43-18-19-45-22-23-47-26-27-49-30-31-51-34-6-4-33(37)5-7-34/h4-7H,8-32,37H2,1-3H3. The van der Waals surface area contributed by atoms with E-state index in [-0.39, 0.29) is 12.6 Å². The highest BCUT2D eigenvalue weighted by atomic mass is 16.6. The van der Waals surface area contributed by atoms with Crippen molar-refractivity contribution in [3.8, 4) is 5.75 Å². The van der Waals surface area contributed by atoms with E-state index in [1.807, 2.05) is 32.9 Å². The van der Waals surface area contributed by atoms with Crippen LogP contribution in [0.3, 0.4) is 0 Å². The summed E-state index contributed by atoms with van der Waals surface area (Å²) in [6.07, 6.45) is 0. The highest BCUT2D eigenvalue weighted by molar-refractivity contribution is 5.71. The molecular formula is C36H65NO15. The van der Waals surface area contributed by atoms with Gasteiger partial charge in [-0.25, -0.2) is 4.79 Å². The van der Waals surface area contributed by atoms with E-state index >= 15 is 0 Å². The fourth-order valence-corrected chi connectivity index (χ4v) is 3.73. The molecular weight excluding hydrogens is 686 g/mol. The number of carbonyl (C=O) groups excluding carboxylic acids is 1. The molecule has 16 nitrogen and oxygen atoms in total. The van der Waals surface area contributed by atoms with Crippen molar-refractivity contribution in [3.05, 3.63) is 24.3 Å². The first-order chi connectivity index (χ1) is 25.4. The van der Waals surface area contributed by atoms with E-state index in [2.05, 4.69) is 0 Å². The predicted molar refractivity (Wildman–Crippen MR) is 192 cm³/mol. The molecule has 2 N–H and O–H groups in total. The Kier molecular flexibility index (Phi) is 32.9. The van der Waals surface area contributed by atoms with Crippen molar-refractivity contribution in [1.82, 2.24) is 0 Å². The summed E-state index contributed by atoms with van der Waals surface area (Å²) in [6.45, 7) is 16.7. The maximum Gasteiger partial charge on any atom is 0.332 e. The Morgan fingerprint density at radius 1 is 0.423 bits per heavy atom. The summed E-state index contributed by atoms with van der Waals surface area (Å²) in [5.74, 6) is 0.378. The number of benzene rings is 1. The first-order valence-electron chi connectivity index (χ1n) is 18.0. The van der Waals surface area contributed by atoms with Crippen molar-refractivity contribution < 1.29 is 71.1 Å². The second kappa shape index (κ2) is 35.8. The smallest absolute Gasteiger partial charge is 0.332 e. The summed E-state index contributed by atoms with van der Waals surface area (Å²) in [7, 11) is 0. The van der Waals surface area contributed by atoms with Crippen LogP contribution in [0.25, 0.3) is 0 Å². The molecule has 1 rings (SSSR count). The molecule has 0 atom stereocenters. The summed E-state index contributed by atoms with van der Waals surface area (Å²) in [5.41, 5.74) is 5.84. The van der Waals surface area contributed by atoms with Crippen LogP contribution in [0.15, 0.2) is 24.3 Å². The highest BCUT2D eigenvalue weighted by Crippen LogP contribution is 2.12. The van der Waals surface area contributed by atoms with E-state index in [1.165, 1.54) is 0 Å². The lowest BCUT2D eigenvalue weighted by atomic mass is 10.2. The van der Waals surface area contributed by atoms with E-state index < -0.39 is 5.60 Å². The Bertz CT molecular complexity index is 905. The van der Waals surface area contributed by atoms with E-state index in [1.54, 1.807) is 12.1 Å². The lowest BCUT2D eigenvalue weighted by Crippen LogP contribution is -2.27. The molecule has 1 aromatic carbocycles. The third-order valence-corrected chi connectivity index (χ3v) is 6.11. The molecule has 0 saturated heterocycles. The zero-order valence-electron chi connectivity index (χ0n) is 31.7. The number of nitrogen functional groups attached to an aromatic ring is 1. The highest BCUT2D eigenvalue weighted by Gasteiger charge is 2.15. The van der Waals surface area contributed by atoms with Gasteiger partial charge in [-0.3, -0.25) is 0 Å². The number of anilines is 1. The molecule has 0 radical (unpaired) electrons. The van der Waals surface area contributed by atoms with Crippen molar-refractivity contribution in [2.24, 2.45) is 0 Å². The van der Waals surface area contributed by atoms with Gasteiger partial charge in [-0.2, -0.15) is 0 Å². The Morgan fingerprint density at radius 3 is 0.942 bits per heavy atom. The molecule has 0 aliphatic rings. The maximum atomic E-state index is 11.5. The molecule has 304 valence electrons. The van der Waals surface area contributed by atoms with E-state index in [0.29, 0.717) is 164 Å². The van der Waals surface area contributed by atoms with Crippen LogP contribution in [-0.2, 0) is 66.4 Å². The molecule has 52 heavy (non-hydrogen) atoms. The van der Waals surface area contributed by atoms with Crippen LogP contribution >= 0.6 is 0 Å². The minimum atomic E-state index is -0.514. The zero-order valence-corrected chi connectivity index (χ0v) is 31.7. The summed E-state index contributed by atoms with van der Waals surface area (Å²) in [5, 5.41) is 0. The molecule has 1 aromatic rings. The zero-order chi connectivity index (χ0) is 37.6. The number of hydrogen-bond acceptors (Lipinski definition) is 16. The monoisotopic (exact) mass is 751 g/mol. The van der Waals surface area contributed by atoms with Crippen molar-refractivity contribution >= 4 is 11.7 Å². The van der Waals surface area contributed by atoms with Gasteiger partial charge in [0.2, 0.25) is 0 Å². The average Bonchev–Trinajstić information content (AvgIpc) is 3.11. The van der Waals surface area contributed by atoms with E-state index in [0.717, 1.165) is 5.75 Å². The van der Waals surface area contributed by atoms with Gasteiger partial charge in [0, 0.05) is 5.69 Å². The molecule has 0 unspecified atom stereocenters. The summed E-state index contributed by atoms with van der Waals surface area (Å²) >= 11 is 0. The van der Waals surface area contributed by atoms with Gasteiger partial charge in [-0.1, -0.05) is 0 Å². The van der Waals surface area contributed by atoms with Crippen LogP contribution in [0.1, 0.15) is 20.8 Å². The van der Waals surface area contributed by atoms with Crippen LogP contribution in [0.4, 0.5) is 5.69 Å². The minimum Gasteiger partial charge on any atom is -0.491 e. The molecule has 0 spiro atoms. The number of rotatable bonds is 39. The van der Waals surface area contributed by atoms with Gasteiger partial charge in [-0.15, -0.1) is 0 Å². The molecule has 0 aromatic heterocycles. The molecule has 0 aliphatic carbocycles. The first kappa shape index (κ1) is 47.8. The SMILES string of the molecule is CC(C)(C)OC(=O)COCCOCCOCCOCCOCCOCCOCCOCCOCCOCCOCCOCCOc1ccc(N)cc1. The Labute approximate surface area is 309 Å². The second-order valence-corrected chi connectivity index (χ2v) is 11.8. The topological polar surface area (TPSA) is 172 Å². The largest absolute Gasteiger partial charge is 0.491 e. The van der Waals surface area contributed by atoms with Gasteiger partial charge >= 0.3 is 5.97 Å². The minimum absolute atomic E-state index is 0.0861. The summed E-state index contributed by atoms with van der Waals surface area (Å²) in [4.78, 5) is 11.5. The van der Waals surface area contributed by atoms with Gasteiger partial charge in [0.05, 0.1) is 152 Å². The van der Waals surface area contributed by atoms with Gasteiger partial charge in [0.1, 0.15) is 24.6 Å². The first-order valence-corrected chi connectivity index (χ1v) is 18.0. The fraction of sp³-hybridized carbons (Fsp3) is 0.806. The van der Waals surface area contributed by atoms with Crippen LogP contribution in [0, 0.1) is 0 Å². The van der Waals surface area contributed by atoms with Gasteiger partial charge in [-0.05, 0) is 45.0 Å². The normalized spacial score (nSPS) is 11.7. The Balaban J connectivity index is 1.63. The average molecular weight is 752 g/mol. The lowest BCUT2D eigenvalue weighted by Gasteiger charge is -2.19. The number of hydrogen-bond donors (Lipinski definition) is 1. The Morgan fingerprint density at radius 2 is 0.673 bits per heavy atom. The summed E-state index contributed by atoms with van der Waals surface area (Å²) in [6, 6.07) is 7.25. The van der Waals surface area contributed by atoms with E-state index in [4.69, 9.17) is 72.0 Å². The van der Waals surface area contributed by atoms with Gasteiger partial charge in [0.25, 0.3) is 0 Å². The third kappa shape index (κ3) is 36.2. The number of ether oxygens (including phenoxy) is 14. The third-order valence-electron chi connectivity index (χ3n) is 6.11. The van der Waals surface area contributed by atoms with Gasteiger partial charge < -0.3 is 72.0 Å². The van der Waals surface area contributed by atoms with Crippen molar-refractivity contribution in [2.75, 3.05) is 171 Å². The quantitative estimate of drug-likeness (QED) is 0.0589. The van der Waals surface area contributed by atoms with Crippen LogP contribution in [0.2, 0.25) is 0 Å².